The van der Waals surface area contributed by atoms with Crippen molar-refractivity contribution in [2.75, 3.05) is 18.5 Å². The van der Waals surface area contributed by atoms with Crippen molar-refractivity contribution in [3.05, 3.63) is 63.7 Å². The standard InChI is InChI=1S/C26H29NO5S/c1-3-31-25(29)22-19(16-10-6-5-7-11-16)14-17(15-20(22)28)27-24-23(26(30)32-4-2)18-12-8-9-13-21(18)33-24/h5-7,10-11,15,19,22,27H,3-4,8-9,12-14H2,1-2H3/t19-,22+/m0/s1. The second-order valence-corrected chi connectivity index (χ2v) is 9.39. The van der Waals surface area contributed by atoms with E-state index in [9.17, 15) is 14.4 Å². The highest BCUT2D eigenvalue weighted by Crippen LogP contribution is 2.42. The number of aryl methyl sites for hydroxylation is 1. The molecule has 0 radical (unpaired) electrons. The van der Waals surface area contributed by atoms with Gasteiger partial charge in [-0.1, -0.05) is 30.3 Å². The topological polar surface area (TPSA) is 81.7 Å². The van der Waals surface area contributed by atoms with Crippen molar-refractivity contribution in [2.45, 2.75) is 51.9 Å². The Morgan fingerprint density at radius 1 is 1.06 bits per heavy atom. The number of rotatable bonds is 7. The van der Waals surface area contributed by atoms with E-state index < -0.39 is 11.9 Å². The van der Waals surface area contributed by atoms with Crippen LogP contribution < -0.4 is 5.32 Å². The number of nitrogens with one attached hydrogen (secondary N) is 1. The zero-order valence-electron chi connectivity index (χ0n) is 19.0. The van der Waals surface area contributed by atoms with E-state index in [1.165, 1.54) is 11.0 Å². The van der Waals surface area contributed by atoms with Crippen LogP contribution in [0.3, 0.4) is 0 Å². The fourth-order valence-corrected chi connectivity index (χ4v) is 6.01. The molecule has 1 aromatic carbocycles. The molecular weight excluding hydrogens is 438 g/mol. The Morgan fingerprint density at radius 3 is 2.52 bits per heavy atom. The average molecular weight is 468 g/mol. The van der Waals surface area contributed by atoms with E-state index in [0.29, 0.717) is 24.3 Å². The zero-order valence-corrected chi connectivity index (χ0v) is 19.8. The minimum absolute atomic E-state index is 0.225. The molecule has 0 spiro atoms. The predicted molar refractivity (Wildman–Crippen MR) is 128 cm³/mol. The van der Waals surface area contributed by atoms with E-state index in [1.54, 1.807) is 25.2 Å². The van der Waals surface area contributed by atoms with Crippen molar-refractivity contribution in [2.24, 2.45) is 5.92 Å². The van der Waals surface area contributed by atoms with Crippen molar-refractivity contribution in [3.63, 3.8) is 0 Å². The third kappa shape index (κ3) is 4.88. The number of hydrogen-bond acceptors (Lipinski definition) is 7. The Hall–Kier alpha value is -2.93. The van der Waals surface area contributed by atoms with E-state index in [0.717, 1.165) is 41.8 Å². The van der Waals surface area contributed by atoms with Gasteiger partial charge >= 0.3 is 11.9 Å². The fraction of sp³-hybridized carbons (Fsp3) is 0.423. The van der Waals surface area contributed by atoms with Crippen molar-refractivity contribution in [3.8, 4) is 0 Å². The second-order valence-electron chi connectivity index (χ2n) is 8.28. The van der Waals surface area contributed by atoms with Gasteiger partial charge in [0.1, 0.15) is 10.9 Å². The molecule has 2 aliphatic rings. The molecule has 1 heterocycles. The first-order valence-corrected chi connectivity index (χ1v) is 12.4. The summed E-state index contributed by atoms with van der Waals surface area (Å²) in [6.45, 7) is 4.07. The van der Waals surface area contributed by atoms with Gasteiger partial charge in [-0.15, -0.1) is 11.3 Å². The van der Waals surface area contributed by atoms with Crippen LogP contribution in [0.2, 0.25) is 0 Å². The van der Waals surface area contributed by atoms with Crippen LogP contribution in [0.25, 0.3) is 0 Å². The molecule has 33 heavy (non-hydrogen) atoms. The number of esters is 2. The first-order chi connectivity index (χ1) is 16.0. The molecule has 1 aromatic heterocycles. The van der Waals surface area contributed by atoms with E-state index >= 15 is 0 Å². The van der Waals surface area contributed by atoms with E-state index in [4.69, 9.17) is 9.47 Å². The van der Waals surface area contributed by atoms with E-state index in [-0.39, 0.29) is 24.3 Å². The molecule has 2 aliphatic carbocycles. The van der Waals surface area contributed by atoms with Crippen LogP contribution in [0, 0.1) is 5.92 Å². The third-order valence-electron chi connectivity index (χ3n) is 6.16. The summed E-state index contributed by atoms with van der Waals surface area (Å²) in [4.78, 5) is 39.8. The number of carbonyl (C=O) groups excluding carboxylic acids is 3. The van der Waals surface area contributed by atoms with Crippen molar-refractivity contribution < 1.29 is 23.9 Å². The largest absolute Gasteiger partial charge is 0.465 e. The summed E-state index contributed by atoms with van der Waals surface area (Å²) in [7, 11) is 0. The Kier molecular flexibility index (Phi) is 7.28. The molecule has 7 heteroatoms. The van der Waals surface area contributed by atoms with Gasteiger partial charge in [-0.05, 0) is 57.1 Å². The molecule has 2 atom stereocenters. The number of ether oxygens (including phenoxy) is 2. The Balaban J connectivity index is 1.68. The first-order valence-electron chi connectivity index (χ1n) is 11.6. The summed E-state index contributed by atoms with van der Waals surface area (Å²) in [5, 5.41) is 4.10. The summed E-state index contributed by atoms with van der Waals surface area (Å²) in [6.07, 6.45) is 5.92. The summed E-state index contributed by atoms with van der Waals surface area (Å²) in [6, 6.07) is 9.57. The molecule has 6 nitrogen and oxygen atoms in total. The maximum absolute atomic E-state index is 13.1. The monoisotopic (exact) mass is 467 g/mol. The molecule has 4 rings (SSSR count). The van der Waals surface area contributed by atoms with Gasteiger partial charge in [-0.25, -0.2) is 4.79 Å². The zero-order chi connectivity index (χ0) is 23.4. The number of ketones is 1. The number of anilines is 1. The minimum Gasteiger partial charge on any atom is -0.465 e. The van der Waals surface area contributed by atoms with Crippen LogP contribution in [-0.4, -0.2) is 30.9 Å². The first kappa shape index (κ1) is 23.2. The Bertz CT molecular complexity index is 1070. The average Bonchev–Trinajstić information content (AvgIpc) is 3.17. The third-order valence-corrected chi connectivity index (χ3v) is 7.37. The van der Waals surface area contributed by atoms with E-state index in [1.807, 2.05) is 30.3 Å². The molecule has 0 saturated heterocycles. The van der Waals surface area contributed by atoms with Gasteiger partial charge in [0.05, 0.1) is 18.8 Å². The van der Waals surface area contributed by atoms with Gasteiger partial charge in [0.15, 0.2) is 5.78 Å². The van der Waals surface area contributed by atoms with Crippen molar-refractivity contribution >= 4 is 34.1 Å². The lowest BCUT2D eigenvalue weighted by Crippen LogP contribution is -2.35. The van der Waals surface area contributed by atoms with Crippen LogP contribution in [0.15, 0.2) is 42.1 Å². The smallest absolute Gasteiger partial charge is 0.341 e. The molecule has 1 N–H and O–H groups in total. The Morgan fingerprint density at radius 2 is 1.79 bits per heavy atom. The predicted octanol–water partition coefficient (Wildman–Crippen LogP) is 5.04. The highest BCUT2D eigenvalue weighted by atomic mass is 32.1. The van der Waals surface area contributed by atoms with Gasteiger partial charge in [0, 0.05) is 22.6 Å². The van der Waals surface area contributed by atoms with Crippen LogP contribution in [0.1, 0.15) is 65.4 Å². The van der Waals surface area contributed by atoms with Crippen LogP contribution in [0.5, 0.6) is 0 Å². The number of hydrogen-bond donors (Lipinski definition) is 1. The summed E-state index contributed by atoms with van der Waals surface area (Å²) in [5.41, 5.74) is 3.26. The maximum atomic E-state index is 13.1. The summed E-state index contributed by atoms with van der Waals surface area (Å²) < 4.78 is 10.6. The fourth-order valence-electron chi connectivity index (χ4n) is 4.70. The summed E-state index contributed by atoms with van der Waals surface area (Å²) in [5.74, 6) is -2.32. The van der Waals surface area contributed by atoms with Crippen LogP contribution >= 0.6 is 11.3 Å². The minimum atomic E-state index is -0.876. The van der Waals surface area contributed by atoms with Gasteiger partial charge in [0.25, 0.3) is 0 Å². The lowest BCUT2D eigenvalue weighted by atomic mass is 9.76. The SMILES string of the molecule is CCOC(=O)c1c(NC2=CC(=O)[C@H](C(=O)OCC)[C@H](c3ccccc3)C2)sc2c1CCCC2. The van der Waals surface area contributed by atoms with Crippen molar-refractivity contribution in [1.82, 2.24) is 0 Å². The number of benzene rings is 1. The van der Waals surface area contributed by atoms with E-state index in [2.05, 4.69) is 5.32 Å². The molecule has 0 amide bonds. The highest BCUT2D eigenvalue weighted by Gasteiger charge is 2.40. The maximum Gasteiger partial charge on any atom is 0.341 e. The highest BCUT2D eigenvalue weighted by molar-refractivity contribution is 7.16. The number of thiophene rings is 1. The van der Waals surface area contributed by atoms with Gasteiger partial charge < -0.3 is 14.8 Å². The normalized spacial score (nSPS) is 19.9. The molecule has 0 unspecified atom stereocenters. The molecular formula is C26H29NO5S. The lowest BCUT2D eigenvalue weighted by Gasteiger charge is -2.29. The Labute approximate surface area is 198 Å². The molecule has 0 fully saturated rings. The van der Waals surface area contributed by atoms with Gasteiger partial charge in [-0.2, -0.15) is 0 Å². The molecule has 0 aliphatic heterocycles. The molecule has 0 bridgehead atoms. The van der Waals surface area contributed by atoms with Crippen LogP contribution in [-0.2, 0) is 31.9 Å². The molecule has 0 saturated carbocycles. The quantitative estimate of drug-likeness (QED) is 0.454. The number of fused-ring (bicyclic) bond motifs is 1. The lowest BCUT2D eigenvalue weighted by molar-refractivity contribution is -0.151. The number of carbonyl (C=O) groups is 3. The second kappa shape index (κ2) is 10.3. The summed E-state index contributed by atoms with van der Waals surface area (Å²) >= 11 is 1.57. The molecule has 174 valence electrons. The van der Waals surface area contributed by atoms with Crippen molar-refractivity contribution in [1.29, 1.82) is 0 Å². The molecule has 2 aromatic rings. The van der Waals surface area contributed by atoms with Crippen LogP contribution in [0.4, 0.5) is 5.00 Å². The van der Waals surface area contributed by atoms with Gasteiger partial charge in [0.2, 0.25) is 0 Å². The van der Waals surface area contributed by atoms with Gasteiger partial charge in [-0.3, -0.25) is 9.59 Å². The number of allylic oxidation sites excluding steroid dienone is 2.